The van der Waals surface area contributed by atoms with Crippen molar-refractivity contribution in [3.63, 3.8) is 0 Å². The Hall–Kier alpha value is -1.75. The zero-order valence-electron chi connectivity index (χ0n) is 16.0. The molecule has 1 unspecified atom stereocenters. The number of rotatable bonds is 5. The molecule has 6 heteroatoms. The van der Waals surface area contributed by atoms with E-state index in [4.69, 9.17) is 16.3 Å². The van der Waals surface area contributed by atoms with Crippen LogP contribution >= 0.6 is 11.6 Å². The Morgan fingerprint density at radius 3 is 2.52 bits per heavy atom. The highest BCUT2D eigenvalue weighted by molar-refractivity contribution is 6.30. The minimum atomic E-state index is -0.0668. The molecule has 5 nitrogen and oxygen atoms in total. The van der Waals surface area contributed by atoms with Crippen molar-refractivity contribution in [2.45, 2.75) is 51.5 Å². The molecule has 2 amide bonds. The molecule has 0 aromatic heterocycles. The lowest BCUT2D eigenvalue weighted by Gasteiger charge is -2.29. The van der Waals surface area contributed by atoms with E-state index in [9.17, 15) is 9.59 Å². The SMILES string of the molecule is CCOC(=O)C1CCC(CNC(=O)N2CCCC2c2ccc(Cl)cc2)CC1. The molecule has 1 saturated carbocycles. The monoisotopic (exact) mass is 392 g/mol. The Bertz CT molecular complexity index is 641. The Balaban J connectivity index is 1.46. The fourth-order valence-electron chi connectivity index (χ4n) is 4.24. The van der Waals surface area contributed by atoms with E-state index >= 15 is 0 Å². The first-order valence-electron chi connectivity index (χ1n) is 10.0. The van der Waals surface area contributed by atoms with Gasteiger partial charge >= 0.3 is 12.0 Å². The summed E-state index contributed by atoms with van der Waals surface area (Å²) in [5.41, 5.74) is 1.14. The molecule has 1 saturated heterocycles. The van der Waals surface area contributed by atoms with E-state index in [1.54, 1.807) is 0 Å². The molecule has 3 rings (SSSR count). The maximum Gasteiger partial charge on any atom is 0.317 e. The highest BCUT2D eigenvalue weighted by Crippen LogP contribution is 2.33. The summed E-state index contributed by atoms with van der Waals surface area (Å²) in [6.45, 7) is 3.75. The van der Waals surface area contributed by atoms with Gasteiger partial charge in [-0.25, -0.2) is 4.79 Å². The van der Waals surface area contributed by atoms with Gasteiger partial charge in [-0.2, -0.15) is 0 Å². The topological polar surface area (TPSA) is 58.6 Å². The molecular weight excluding hydrogens is 364 g/mol. The lowest BCUT2D eigenvalue weighted by Crippen LogP contribution is -2.42. The molecule has 0 radical (unpaired) electrons. The fourth-order valence-corrected chi connectivity index (χ4v) is 4.36. The first-order chi connectivity index (χ1) is 13.1. The van der Waals surface area contributed by atoms with Crippen LogP contribution in [-0.4, -0.2) is 36.6 Å². The van der Waals surface area contributed by atoms with Crippen LogP contribution in [0.1, 0.15) is 57.1 Å². The first-order valence-corrected chi connectivity index (χ1v) is 10.4. The molecule has 0 bridgehead atoms. The quantitative estimate of drug-likeness (QED) is 0.747. The van der Waals surface area contributed by atoms with E-state index in [2.05, 4.69) is 5.32 Å². The first kappa shape index (κ1) is 20.0. The number of amides is 2. The number of likely N-dealkylation sites (tertiary alicyclic amines) is 1. The van der Waals surface area contributed by atoms with E-state index in [1.807, 2.05) is 36.1 Å². The Kier molecular flexibility index (Phi) is 7.00. The van der Waals surface area contributed by atoms with Gasteiger partial charge < -0.3 is 15.0 Å². The molecule has 1 aliphatic heterocycles. The summed E-state index contributed by atoms with van der Waals surface area (Å²) in [4.78, 5) is 26.5. The van der Waals surface area contributed by atoms with Crippen molar-refractivity contribution in [3.05, 3.63) is 34.9 Å². The van der Waals surface area contributed by atoms with Crippen LogP contribution in [0, 0.1) is 11.8 Å². The molecule has 0 spiro atoms. The van der Waals surface area contributed by atoms with Gasteiger partial charge in [0, 0.05) is 18.1 Å². The van der Waals surface area contributed by atoms with Crippen LogP contribution in [0.2, 0.25) is 5.02 Å². The predicted molar refractivity (Wildman–Crippen MR) is 106 cm³/mol. The number of esters is 1. The minimum absolute atomic E-state index is 0.0139. The van der Waals surface area contributed by atoms with E-state index in [1.165, 1.54) is 0 Å². The van der Waals surface area contributed by atoms with Gasteiger partial charge in [0.15, 0.2) is 0 Å². The van der Waals surface area contributed by atoms with Crippen LogP contribution in [0.3, 0.4) is 0 Å². The minimum Gasteiger partial charge on any atom is -0.466 e. The second-order valence-electron chi connectivity index (χ2n) is 7.56. The summed E-state index contributed by atoms with van der Waals surface area (Å²) in [5, 5.41) is 3.83. The Labute approximate surface area is 166 Å². The zero-order valence-corrected chi connectivity index (χ0v) is 16.7. The lowest BCUT2D eigenvalue weighted by atomic mass is 9.82. The summed E-state index contributed by atoms with van der Waals surface area (Å²) in [6.07, 6.45) is 5.65. The van der Waals surface area contributed by atoms with Crippen LogP contribution in [0.15, 0.2) is 24.3 Å². The van der Waals surface area contributed by atoms with Crippen LogP contribution in [0.4, 0.5) is 4.79 Å². The molecule has 27 heavy (non-hydrogen) atoms. The van der Waals surface area contributed by atoms with Crippen molar-refractivity contribution in [2.75, 3.05) is 19.7 Å². The van der Waals surface area contributed by atoms with Gasteiger partial charge in [0.1, 0.15) is 0 Å². The second-order valence-corrected chi connectivity index (χ2v) is 8.00. The molecular formula is C21H29ClN2O3. The van der Waals surface area contributed by atoms with Gasteiger partial charge in [0.05, 0.1) is 18.6 Å². The van der Waals surface area contributed by atoms with Gasteiger partial charge in [-0.15, -0.1) is 0 Å². The van der Waals surface area contributed by atoms with Crippen LogP contribution in [0.25, 0.3) is 0 Å². The smallest absolute Gasteiger partial charge is 0.317 e. The van der Waals surface area contributed by atoms with Crippen molar-refractivity contribution in [3.8, 4) is 0 Å². The summed E-state index contributed by atoms with van der Waals surface area (Å²) < 4.78 is 5.12. The molecule has 1 heterocycles. The standard InChI is InChI=1S/C21H29ClN2O3/c1-2-27-20(25)17-7-5-15(6-8-17)14-23-21(26)24-13-3-4-19(24)16-9-11-18(22)12-10-16/h9-12,15,17,19H,2-8,13-14H2,1H3,(H,23,26). The molecule has 1 aromatic rings. The fraction of sp³-hybridized carbons (Fsp3) is 0.619. The highest BCUT2D eigenvalue weighted by Gasteiger charge is 2.31. The normalized spacial score (nSPS) is 25.3. The van der Waals surface area contributed by atoms with Crippen molar-refractivity contribution in [1.29, 1.82) is 0 Å². The maximum atomic E-state index is 12.7. The molecule has 1 atom stereocenters. The third kappa shape index (κ3) is 5.16. The van der Waals surface area contributed by atoms with Crippen LogP contribution < -0.4 is 5.32 Å². The summed E-state index contributed by atoms with van der Waals surface area (Å²) in [6, 6.07) is 7.92. The van der Waals surface area contributed by atoms with E-state index in [-0.39, 0.29) is 24.0 Å². The molecule has 2 aliphatic rings. The number of ether oxygens (including phenoxy) is 1. The van der Waals surface area contributed by atoms with Crippen molar-refractivity contribution >= 4 is 23.6 Å². The van der Waals surface area contributed by atoms with E-state index in [0.717, 1.165) is 50.6 Å². The number of benzene rings is 1. The Morgan fingerprint density at radius 2 is 1.85 bits per heavy atom. The Morgan fingerprint density at radius 1 is 1.15 bits per heavy atom. The van der Waals surface area contributed by atoms with Crippen molar-refractivity contribution in [2.24, 2.45) is 11.8 Å². The number of carbonyl (C=O) groups excluding carboxylic acids is 2. The third-order valence-electron chi connectivity index (χ3n) is 5.78. The number of hydrogen-bond donors (Lipinski definition) is 1. The zero-order chi connectivity index (χ0) is 19.2. The molecule has 1 aliphatic carbocycles. The lowest BCUT2D eigenvalue weighted by molar-refractivity contribution is -0.149. The summed E-state index contributed by atoms with van der Waals surface area (Å²) in [5.74, 6) is 0.406. The number of halogens is 1. The summed E-state index contributed by atoms with van der Waals surface area (Å²) in [7, 11) is 0. The highest BCUT2D eigenvalue weighted by atomic mass is 35.5. The predicted octanol–water partition coefficient (Wildman–Crippen LogP) is 4.56. The van der Waals surface area contributed by atoms with E-state index < -0.39 is 0 Å². The summed E-state index contributed by atoms with van der Waals surface area (Å²) >= 11 is 5.98. The molecule has 1 aromatic carbocycles. The number of carbonyl (C=O) groups is 2. The molecule has 148 valence electrons. The second kappa shape index (κ2) is 9.45. The molecule has 1 N–H and O–H groups in total. The van der Waals surface area contributed by atoms with Gasteiger partial charge in [-0.05, 0) is 69.1 Å². The molecule has 2 fully saturated rings. The van der Waals surface area contributed by atoms with E-state index in [0.29, 0.717) is 24.1 Å². The number of hydrogen-bond acceptors (Lipinski definition) is 3. The van der Waals surface area contributed by atoms with Gasteiger partial charge in [-0.1, -0.05) is 23.7 Å². The van der Waals surface area contributed by atoms with Crippen molar-refractivity contribution in [1.82, 2.24) is 10.2 Å². The number of urea groups is 1. The number of nitrogens with one attached hydrogen (secondary N) is 1. The van der Waals surface area contributed by atoms with Crippen LogP contribution in [-0.2, 0) is 9.53 Å². The van der Waals surface area contributed by atoms with Crippen LogP contribution in [0.5, 0.6) is 0 Å². The maximum absolute atomic E-state index is 12.7. The van der Waals surface area contributed by atoms with Gasteiger partial charge in [0.2, 0.25) is 0 Å². The van der Waals surface area contributed by atoms with Crippen molar-refractivity contribution < 1.29 is 14.3 Å². The van der Waals surface area contributed by atoms with Gasteiger partial charge in [0.25, 0.3) is 0 Å². The average Bonchev–Trinajstić information content (AvgIpc) is 3.17. The third-order valence-corrected chi connectivity index (χ3v) is 6.03. The largest absolute Gasteiger partial charge is 0.466 e. The van der Waals surface area contributed by atoms with Gasteiger partial charge in [-0.3, -0.25) is 4.79 Å². The number of nitrogens with zero attached hydrogens (tertiary/aromatic N) is 1. The average molecular weight is 393 g/mol.